The summed E-state index contributed by atoms with van der Waals surface area (Å²) < 4.78 is 6.24. The zero-order chi connectivity index (χ0) is 17.7. The van der Waals surface area contributed by atoms with E-state index in [1.54, 1.807) is 4.90 Å². The van der Waals surface area contributed by atoms with E-state index in [4.69, 9.17) is 4.74 Å². The number of carboxylic acid groups (broad SMARTS) is 1. The van der Waals surface area contributed by atoms with Gasteiger partial charge in [-0.25, -0.2) is 14.8 Å². The minimum Gasteiger partial charge on any atom is -0.465 e. The molecule has 6 nitrogen and oxygen atoms in total. The van der Waals surface area contributed by atoms with Crippen LogP contribution < -0.4 is 0 Å². The Morgan fingerprint density at radius 1 is 1.27 bits per heavy atom. The fraction of sp³-hybridized carbons (Fsp3) is 0.750. The molecule has 26 heavy (non-hydrogen) atoms. The highest BCUT2D eigenvalue weighted by Gasteiger charge is 2.60. The van der Waals surface area contributed by atoms with Crippen LogP contribution in [0.4, 0.5) is 4.79 Å². The first-order chi connectivity index (χ1) is 12.7. The van der Waals surface area contributed by atoms with Gasteiger partial charge in [-0.2, -0.15) is 0 Å². The van der Waals surface area contributed by atoms with Gasteiger partial charge in [0.1, 0.15) is 5.82 Å². The van der Waals surface area contributed by atoms with Gasteiger partial charge in [-0.05, 0) is 62.8 Å². The highest BCUT2D eigenvalue weighted by atomic mass is 16.5. The maximum absolute atomic E-state index is 11.7. The lowest BCUT2D eigenvalue weighted by Crippen LogP contribution is -2.43. The second kappa shape index (κ2) is 6.19. The number of fused-ring (bicyclic) bond motifs is 2. The molecule has 1 saturated heterocycles. The van der Waals surface area contributed by atoms with E-state index in [1.165, 1.54) is 19.3 Å². The average molecular weight is 357 g/mol. The molecule has 5 rings (SSSR count). The topological polar surface area (TPSA) is 75.5 Å². The monoisotopic (exact) mass is 357 g/mol. The van der Waals surface area contributed by atoms with Crippen LogP contribution in [-0.2, 0) is 10.2 Å². The molecule has 1 aromatic heterocycles. The van der Waals surface area contributed by atoms with Crippen LogP contribution >= 0.6 is 0 Å². The fourth-order valence-corrected chi connectivity index (χ4v) is 6.03. The van der Waals surface area contributed by atoms with E-state index in [2.05, 4.69) is 9.97 Å². The van der Waals surface area contributed by atoms with Crippen molar-refractivity contribution in [1.82, 2.24) is 14.9 Å². The second-order valence-electron chi connectivity index (χ2n) is 8.70. The molecule has 3 aliphatic carbocycles. The first kappa shape index (κ1) is 16.5. The molecular formula is C20H27N3O3. The van der Waals surface area contributed by atoms with Crippen LogP contribution in [0, 0.1) is 11.8 Å². The summed E-state index contributed by atoms with van der Waals surface area (Å²) in [5.41, 5.74) is 0.193. The third-order valence-corrected chi connectivity index (χ3v) is 7.39. The van der Waals surface area contributed by atoms with Gasteiger partial charge in [0.05, 0.1) is 18.8 Å². The first-order valence-electron chi connectivity index (χ1n) is 10.1. The molecule has 6 unspecified atom stereocenters. The number of likely N-dealkylation sites (tertiary alicyclic amines) is 1. The highest BCUT2D eigenvalue weighted by Crippen LogP contribution is 2.61. The van der Waals surface area contributed by atoms with Gasteiger partial charge in [0.25, 0.3) is 0 Å². The van der Waals surface area contributed by atoms with Crippen molar-refractivity contribution in [3.8, 4) is 0 Å². The minimum absolute atomic E-state index is 0.0474. The molecule has 1 aliphatic heterocycles. The molecule has 4 aliphatic rings. The summed E-state index contributed by atoms with van der Waals surface area (Å²) in [6, 6.07) is 2.15. The van der Waals surface area contributed by atoms with Crippen molar-refractivity contribution in [1.29, 1.82) is 0 Å². The quantitative estimate of drug-likeness (QED) is 0.895. The van der Waals surface area contributed by atoms with Gasteiger partial charge < -0.3 is 9.84 Å². The van der Waals surface area contributed by atoms with Crippen LogP contribution in [0.15, 0.2) is 18.5 Å². The van der Waals surface area contributed by atoms with Gasteiger partial charge in [-0.3, -0.25) is 4.90 Å². The van der Waals surface area contributed by atoms with E-state index in [0.717, 1.165) is 37.9 Å². The lowest BCUT2D eigenvalue weighted by atomic mass is 9.86. The summed E-state index contributed by atoms with van der Waals surface area (Å²) in [6.07, 6.45) is 11.9. The van der Waals surface area contributed by atoms with Gasteiger partial charge in [-0.1, -0.05) is 6.42 Å². The van der Waals surface area contributed by atoms with Gasteiger partial charge >= 0.3 is 6.09 Å². The summed E-state index contributed by atoms with van der Waals surface area (Å²) in [5.74, 6) is 2.18. The molecule has 0 aromatic carbocycles. The molecule has 4 fully saturated rings. The summed E-state index contributed by atoms with van der Waals surface area (Å²) >= 11 is 0. The van der Waals surface area contributed by atoms with Crippen LogP contribution in [0.25, 0.3) is 0 Å². The third kappa shape index (κ3) is 2.61. The van der Waals surface area contributed by atoms with E-state index >= 15 is 0 Å². The molecule has 6 heteroatoms. The van der Waals surface area contributed by atoms with Crippen molar-refractivity contribution in [2.24, 2.45) is 11.8 Å². The zero-order valence-corrected chi connectivity index (χ0v) is 15.1. The molecule has 0 spiro atoms. The largest absolute Gasteiger partial charge is 0.465 e. The molecule has 1 amide bonds. The Kier molecular flexibility index (Phi) is 3.92. The maximum atomic E-state index is 11.7. The number of aromatic nitrogens is 2. The van der Waals surface area contributed by atoms with Crippen LogP contribution in [0.3, 0.4) is 0 Å². The molecule has 0 bridgehead atoms. The van der Waals surface area contributed by atoms with Gasteiger partial charge in [-0.15, -0.1) is 0 Å². The standard InChI is InChI=1S/C20H27N3O3/c24-19(25)23-15(9-13-3-1-4-17(13)23)12-26-16-5-6-20(11-14(20)10-16)18-21-7-2-8-22-18/h2,7-8,13-17H,1,3-6,9-12H2,(H,24,25). The first-order valence-corrected chi connectivity index (χ1v) is 10.1. The summed E-state index contributed by atoms with van der Waals surface area (Å²) in [7, 11) is 0. The van der Waals surface area contributed by atoms with Crippen molar-refractivity contribution >= 4 is 6.09 Å². The number of rotatable bonds is 4. The Balaban J connectivity index is 1.17. The molecule has 0 radical (unpaired) electrons. The lowest BCUT2D eigenvalue weighted by molar-refractivity contribution is -0.00690. The van der Waals surface area contributed by atoms with Crippen molar-refractivity contribution in [3.63, 3.8) is 0 Å². The van der Waals surface area contributed by atoms with E-state index < -0.39 is 6.09 Å². The second-order valence-corrected chi connectivity index (χ2v) is 8.70. The maximum Gasteiger partial charge on any atom is 0.407 e. The minimum atomic E-state index is -0.765. The van der Waals surface area contributed by atoms with Gasteiger partial charge in [0.2, 0.25) is 0 Å². The summed E-state index contributed by atoms with van der Waals surface area (Å²) in [4.78, 5) is 22.4. The number of nitrogens with zero attached hydrogens (tertiary/aromatic N) is 3. The van der Waals surface area contributed by atoms with E-state index in [9.17, 15) is 9.90 Å². The van der Waals surface area contributed by atoms with Crippen molar-refractivity contribution in [3.05, 3.63) is 24.3 Å². The predicted octanol–water partition coefficient (Wildman–Crippen LogP) is 3.22. The van der Waals surface area contributed by atoms with E-state index in [-0.39, 0.29) is 23.6 Å². The van der Waals surface area contributed by atoms with Crippen LogP contribution in [0.1, 0.15) is 57.2 Å². The number of hydrogen-bond donors (Lipinski definition) is 1. The van der Waals surface area contributed by atoms with Crippen molar-refractivity contribution in [2.45, 2.75) is 75.0 Å². The zero-order valence-electron chi connectivity index (χ0n) is 15.1. The summed E-state index contributed by atoms with van der Waals surface area (Å²) in [5, 5.41) is 9.63. The smallest absolute Gasteiger partial charge is 0.407 e. The van der Waals surface area contributed by atoms with Crippen molar-refractivity contribution < 1.29 is 14.6 Å². The van der Waals surface area contributed by atoms with Gasteiger partial charge in [0.15, 0.2) is 0 Å². The Bertz CT molecular complexity index is 684. The lowest BCUT2D eigenvalue weighted by Gasteiger charge is -2.31. The Morgan fingerprint density at radius 3 is 2.88 bits per heavy atom. The Morgan fingerprint density at radius 2 is 2.12 bits per heavy atom. The van der Waals surface area contributed by atoms with Crippen LogP contribution in [0.5, 0.6) is 0 Å². The van der Waals surface area contributed by atoms with Gasteiger partial charge in [0, 0.05) is 23.9 Å². The average Bonchev–Trinajstić information content (AvgIpc) is 3.03. The Hall–Kier alpha value is -1.69. The normalized spacial score (nSPS) is 40.9. The number of carbonyl (C=O) groups is 1. The fourth-order valence-electron chi connectivity index (χ4n) is 6.03. The highest BCUT2D eigenvalue weighted by molar-refractivity contribution is 5.66. The number of amides is 1. The molecule has 3 saturated carbocycles. The van der Waals surface area contributed by atoms with Crippen molar-refractivity contribution in [2.75, 3.05) is 6.61 Å². The predicted molar refractivity (Wildman–Crippen MR) is 94.8 cm³/mol. The molecule has 6 atom stereocenters. The molecule has 140 valence electrons. The molecule has 1 N–H and O–H groups in total. The Labute approximate surface area is 154 Å². The molecule has 2 heterocycles. The SMILES string of the molecule is O=C(O)N1C(COC2CCC3(c4ncccn4)CC3C2)CC2CCCC21. The molecule has 1 aromatic rings. The van der Waals surface area contributed by atoms with E-state index in [1.807, 2.05) is 18.5 Å². The van der Waals surface area contributed by atoms with E-state index in [0.29, 0.717) is 18.4 Å². The van der Waals surface area contributed by atoms with Crippen LogP contribution in [-0.4, -0.2) is 50.9 Å². The molecular weight excluding hydrogens is 330 g/mol. The summed E-state index contributed by atoms with van der Waals surface area (Å²) in [6.45, 7) is 0.561. The number of ether oxygens (including phenoxy) is 1. The van der Waals surface area contributed by atoms with Crippen LogP contribution in [0.2, 0.25) is 0 Å². The number of hydrogen-bond acceptors (Lipinski definition) is 4. The third-order valence-electron chi connectivity index (χ3n) is 7.39.